The van der Waals surface area contributed by atoms with Crippen LogP contribution in [0.1, 0.15) is 18.9 Å². The maximum Gasteiger partial charge on any atom is 0.172 e. The number of amidine groups is 1. The lowest BCUT2D eigenvalue weighted by atomic mass is 10.1. The van der Waals surface area contributed by atoms with E-state index in [0.717, 1.165) is 23.6 Å². The first-order chi connectivity index (χ1) is 9.58. The summed E-state index contributed by atoms with van der Waals surface area (Å²) in [5.41, 5.74) is 7.37. The van der Waals surface area contributed by atoms with Gasteiger partial charge in [-0.05, 0) is 24.8 Å². The van der Waals surface area contributed by atoms with Crippen LogP contribution in [0.4, 0.5) is 5.69 Å². The van der Waals surface area contributed by atoms with Gasteiger partial charge in [-0.15, -0.1) is 0 Å². The Morgan fingerprint density at radius 3 is 2.75 bits per heavy atom. The van der Waals surface area contributed by atoms with Crippen molar-refractivity contribution in [1.29, 1.82) is 0 Å². The fourth-order valence-corrected chi connectivity index (χ4v) is 2.94. The number of rotatable bonds is 7. The molecule has 1 atom stereocenters. The standard InChI is InChI=1S/C14H23N3O2S/c1-5-10(9-20-4)17(2)13-8-11(19-3)6-7-12(13)14(15)16-18/h6-8,10,18H,5,9H2,1-4H3,(H2,15,16). The largest absolute Gasteiger partial charge is 0.497 e. The minimum absolute atomic E-state index is 0.105. The zero-order valence-electron chi connectivity index (χ0n) is 12.5. The lowest BCUT2D eigenvalue weighted by molar-refractivity contribution is 0.318. The smallest absolute Gasteiger partial charge is 0.172 e. The third-order valence-corrected chi connectivity index (χ3v) is 4.06. The molecule has 20 heavy (non-hydrogen) atoms. The Morgan fingerprint density at radius 2 is 2.25 bits per heavy atom. The minimum Gasteiger partial charge on any atom is -0.497 e. The van der Waals surface area contributed by atoms with Crippen molar-refractivity contribution in [2.24, 2.45) is 10.9 Å². The van der Waals surface area contributed by atoms with Crippen molar-refractivity contribution in [1.82, 2.24) is 0 Å². The van der Waals surface area contributed by atoms with Gasteiger partial charge in [-0.3, -0.25) is 0 Å². The van der Waals surface area contributed by atoms with Crippen LogP contribution in [-0.4, -0.2) is 43.3 Å². The molecule has 0 saturated heterocycles. The van der Waals surface area contributed by atoms with Gasteiger partial charge in [0.25, 0.3) is 0 Å². The molecule has 0 fully saturated rings. The van der Waals surface area contributed by atoms with E-state index in [2.05, 4.69) is 23.2 Å². The molecule has 3 N–H and O–H groups in total. The summed E-state index contributed by atoms with van der Waals surface area (Å²) in [6.45, 7) is 2.15. The van der Waals surface area contributed by atoms with Gasteiger partial charge in [0, 0.05) is 30.5 Å². The monoisotopic (exact) mass is 297 g/mol. The van der Waals surface area contributed by atoms with Crippen molar-refractivity contribution < 1.29 is 9.94 Å². The van der Waals surface area contributed by atoms with Crippen molar-refractivity contribution in [3.8, 4) is 5.75 Å². The molecule has 0 amide bonds. The fourth-order valence-electron chi connectivity index (χ4n) is 2.09. The lowest BCUT2D eigenvalue weighted by Gasteiger charge is -2.30. The van der Waals surface area contributed by atoms with E-state index in [1.165, 1.54) is 0 Å². The van der Waals surface area contributed by atoms with Gasteiger partial charge in [-0.1, -0.05) is 12.1 Å². The van der Waals surface area contributed by atoms with E-state index in [0.29, 0.717) is 11.6 Å². The average molecular weight is 297 g/mol. The van der Waals surface area contributed by atoms with E-state index in [-0.39, 0.29) is 5.84 Å². The van der Waals surface area contributed by atoms with Crippen molar-refractivity contribution in [3.05, 3.63) is 23.8 Å². The Morgan fingerprint density at radius 1 is 1.55 bits per heavy atom. The summed E-state index contributed by atoms with van der Waals surface area (Å²) >= 11 is 1.80. The second-order valence-electron chi connectivity index (χ2n) is 4.50. The molecule has 1 aromatic rings. The molecule has 1 rings (SSSR count). The molecule has 1 unspecified atom stereocenters. The van der Waals surface area contributed by atoms with Gasteiger partial charge in [0.1, 0.15) is 5.75 Å². The molecule has 0 radical (unpaired) electrons. The third kappa shape index (κ3) is 3.72. The van der Waals surface area contributed by atoms with Crippen LogP contribution in [0.25, 0.3) is 0 Å². The predicted molar refractivity (Wildman–Crippen MR) is 86.4 cm³/mol. The first-order valence-corrected chi connectivity index (χ1v) is 7.86. The molecular weight excluding hydrogens is 274 g/mol. The molecule has 0 bridgehead atoms. The molecule has 0 aliphatic heterocycles. The molecule has 0 aromatic heterocycles. The normalized spacial score (nSPS) is 13.1. The number of ether oxygens (including phenoxy) is 1. The van der Waals surface area contributed by atoms with E-state index in [1.54, 1.807) is 24.9 Å². The second kappa shape index (κ2) is 7.89. The van der Waals surface area contributed by atoms with Crippen LogP contribution in [0, 0.1) is 0 Å². The van der Waals surface area contributed by atoms with Crippen molar-refractivity contribution in [2.75, 3.05) is 31.1 Å². The predicted octanol–water partition coefficient (Wildman–Crippen LogP) is 2.37. The summed E-state index contributed by atoms with van der Waals surface area (Å²) in [6.07, 6.45) is 3.11. The summed E-state index contributed by atoms with van der Waals surface area (Å²) in [6, 6.07) is 5.91. The Balaban J connectivity index is 3.24. The Labute approximate surface area is 124 Å². The van der Waals surface area contributed by atoms with Gasteiger partial charge in [0.15, 0.2) is 5.84 Å². The van der Waals surface area contributed by atoms with Gasteiger partial charge in [-0.2, -0.15) is 11.8 Å². The van der Waals surface area contributed by atoms with E-state index >= 15 is 0 Å². The quantitative estimate of drug-likeness (QED) is 0.350. The van der Waals surface area contributed by atoms with Crippen LogP contribution >= 0.6 is 11.8 Å². The number of anilines is 1. The highest BCUT2D eigenvalue weighted by Crippen LogP contribution is 2.28. The van der Waals surface area contributed by atoms with Crippen molar-refractivity contribution in [3.63, 3.8) is 0 Å². The summed E-state index contributed by atoms with van der Waals surface area (Å²) in [5.74, 6) is 1.87. The summed E-state index contributed by atoms with van der Waals surface area (Å²) in [4.78, 5) is 2.16. The molecule has 0 aliphatic carbocycles. The first kappa shape index (κ1) is 16.5. The fraction of sp³-hybridized carbons (Fsp3) is 0.500. The molecule has 6 heteroatoms. The highest BCUT2D eigenvalue weighted by molar-refractivity contribution is 7.98. The zero-order valence-corrected chi connectivity index (χ0v) is 13.3. The number of nitrogens with zero attached hydrogens (tertiary/aromatic N) is 2. The topological polar surface area (TPSA) is 71.1 Å². The SMILES string of the molecule is CCC(CSC)N(C)c1cc(OC)ccc1/C(N)=N/O. The van der Waals surface area contributed by atoms with Gasteiger partial charge in [0.05, 0.1) is 12.8 Å². The summed E-state index contributed by atoms with van der Waals surface area (Å²) < 4.78 is 5.27. The van der Waals surface area contributed by atoms with E-state index in [1.807, 2.05) is 19.2 Å². The molecule has 112 valence electrons. The van der Waals surface area contributed by atoms with Gasteiger partial charge in [-0.25, -0.2) is 0 Å². The van der Waals surface area contributed by atoms with Crippen LogP contribution in [0.2, 0.25) is 0 Å². The molecule has 5 nitrogen and oxygen atoms in total. The molecule has 0 spiro atoms. The molecule has 0 saturated carbocycles. The number of oxime groups is 1. The number of benzene rings is 1. The van der Waals surface area contributed by atoms with Crippen molar-refractivity contribution >= 4 is 23.3 Å². The highest BCUT2D eigenvalue weighted by atomic mass is 32.2. The van der Waals surface area contributed by atoms with Crippen molar-refractivity contribution in [2.45, 2.75) is 19.4 Å². The molecule has 0 heterocycles. The number of hydrogen-bond acceptors (Lipinski definition) is 5. The summed E-state index contributed by atoms with van der Waals surface area (Å²) in [5, 5.41) is 12.0. The maximum atomic E-state index is 8.93. The third-order valence-electron chi connectivity index (χ3n) is 3.35. The second-order valence-corrected chi connectivity index (χ2v) is 5.41. The highest BCUT2D eigenvalue weighted by Gasteiger charge is 2.18. The number of thioether (sulfide) groups is 1. The summed E-state index contributed by atoms with van der Waals surface area (Å²) in [7, 11) is 3.65. The van der Waals surface area contributed by atoms with Gasteiger partial charge < -0.3 is 20.6 Å². The maximum absolute atomic E-state index is 8.93. The zero-order chi connectivity index (χ0) is 15.1. The minimum atomic E-state index is 0.105. The Bertz CT molecular complexity index is 466. The average Bonchev–Trinajstić information content (AvgIpc) is 2.50. The first-order valence-electron chi connectivity index (χ1n) is 6.46. The van der Waals surface area contributed by atoms with Crippen LogP contribution in [0.5, 0.6) is 5.75 Å². The van der Waals surface area contributed by atoms with Crippen LogP contribution in [0.3, 0.4) is 0 Å². The molecular formula is C14H23N3O2S. The van der Waals surface area contributed by atoms with Gasteiger partial charge in [0.2, 0.25) is 0 Å². The Kier molecular flexibility index (Phi) is 6.51. The van der Waals surface area contributed by atoms with Crippen LogP contribution in [-0.2, 0) is 0 Å². The number of hydrogen-bond donors (Lipinski definition) is 2. The van der Waals surface area contributed by atoms with E-state index < -0.39 is 0 Å². The van der Waals surface area contributed by atoms with Gasteiger partial charge >= 0.3 is 0 Å². The van der Waals surface area contributed by atoms with Crippen LogP contribution in [0.15, 0.2) is 23.4 Å². The number of nitrogens with two attached hydrogens (primary N) is 1. The number of methoxy groups -OCH3 is 1. The van der Waals surface area contributed by atoms with E-state index in [9.17, 15) is 0 Å². The lowest BCUT2D eigenvalue weighted by Crippen LogP contribution is -2.34. The van der Waals surface area contributed by atoms with Crippen LogP contribution < -0.4 is 15.4 Å². The Hall–Kier alpha value is -1.56. The molecule has 1 aromatic carbocycles. The molecule has 0 aliphatic rings. The van der Waals surface area contributed by atoms with E-state index in [4.69, 9.17) is 15.7 Å².